The molecule has 2 aromatic heterocycles. The van der Waals surface area contributed by atoms with Crippen molar-refractivity contribution in [3.63, 3.8) is 0 Å². The van der Waals surface area contributed by atoms with E-state index in [0.717, 1.165) is 11.2 Å². The van der Waals surface area contributed by atoms with Crippen molar-refractivity contribution in [3.8, 4) is 11.3 Å². The van der Waals surface area contributed by atoms with Crippen molar-refractivity contribution in [2.45, 2.75) is 79.3 Å². The van der Waals surface area contributed by atoms with Crippen molar-refractivity contribution >= 4 is 59.4 Å². The van der Waals surface area contributed by atoms with Gasteiger partial charge >= 0.3 is 0 Å². The molecule has 0 atom stereocenters. The number of aromatic nitrogens is 1. The van der Waals surface area contributed by atoms with Gasteiger partial charge in [0.05, 0.1) is 21.7 Å². The number of nitrogens with zero attached hydrogens (tertiary/aromatic N) is 1. The van der Waals surface area contributed by atoms with Gasteiger partial charge < -0.3 is 4.42 Å². The Morgan fingerprint density at radius 1 is 0.737 bits per heavy atom. The molecule has 0 spiro atoms. The van der Waals surface area contributed by atoms with Crippen LogP contribution in [0.15, 0.2) is 52.9 Å². The van der Waals surface area contributed by atoms with Crippen molar-refractivity contribution in [2.24, 2.45) is 7.05 Å². The number of hydrogen-bond donors (Lipinski definition) is 0. The number of benzene rings is 3. The lowest BCUT2D eigenvalue weighted by molar-refractivity contribution is -0.633. The molecule has 5 rings (SSSR count). The van der Waals surface area contributed by atoms with Crippen LogP contribution in [0.1, 0.15) is 37.5 Å². The molecule has 3 aromatic carbocycles. The van der Waals surface area contributed by atoms with Crippen LogP contribution in [0.5, 0.6) is 0 Å². The van der Waals surface area contributed by atoms with E-state index >= 15 is 0 Å². The van der Waals surface area contributed by atoms with Crippen LogP contribution >= 0.6 is 0 Å². The van der Waals surface area contributed by atoms with Gasteiger partial charge in [0, 0.05) is 28.3 Å². The van der Waals surface area contributed by atoms with Crippen molar-refractivity contribution in [2.75, 3.05) is 0 Å². The fourth-order valence-corrected chi connectivity index (χ4v) is 10.0. The van der Waals surface area contributed by atoms with Crippen molar-refractivity contribution in [3.05, 3.63) is 65.2 Å². The first-order valence-corrected chi connectivity index (χ1v) is 20.4. The molecule has 0 N–H and O–H groups in total. The number of fused-ring (bicyclic) bond motifs is 4. The predicted molar refractivity (Wildman–Crippen MR) is 172 cm³/mol. The first-order chi connectivity index (χ1) is 17.5. The third-order valence-electron chi connectivity index (χ3n) is 9.44. The molecule has 0 amide bonds. The molecule has 0 saturated heterocycles. The second kappa shape index (κ2) is 8.65. The van der Waals surface area contributed by atoms with E-state index in [1.165, 1.54) is 49.6 Å². The smallest absolute Gasteiger partial charge is 0.216 e. The highest BCUT2D eigenvalue weighted by Crippen LogP contribution is 2.41. The van der Waals surface area contributed by atoms with E-state index in [4.69, 9.17) is 4.42 Å². The molecule has 38 heavy (non-hydrogen) atoms. The summed E-state index contributed by atoms with van der Waals surface area (Å²) in [5, 5.41) is 7.19. The molecule has 4 heteroatoms. The lowest BCUT2D eigenvalue weighted by atomic mass is 9.95. The molecule has 0 fully saturated rings. The predicted octanol–water partition coefficient (Wildman–Crippen LogP) is 8.42. The maximum atomic E-state index is 6.62. The van der Waals surface area contributed by atoms with Gasteiger partial charge in [0.25, 0.3) is 0 Å². The summed E-state index contributed by atoms with van der Waals surface area (Å²) < 4.78 is 9.06. The van der Waals surface area contributed by atoms with Gasteiger partial charge in [-0.3, -0.25) is 0 Å². The molecule has 198 valence electrons. The van der Waals surface area contributed by atoms with E-state index in [0.29, 0.717) is 0 Å². The SMILES string of the molecule is Cc1cc2c(cc1[Si](C)(C)C)c([Si](C)(C)C(C)(C)C)cc(-c1c(C)c(C)cc3c1oc1ccccc13)[n+]2C. The number of rotatable bonds is 3. The average molecular weight is 539 g/mol. The topological polar surface area (TPSA) is 17.0 Å². The van der Waals surface area contributed by atoms with Crippen LogP contribution in [0.3, 0.4) is 0 Å². The lowest BCUT2D eigenvalue weighted by Gasteiger charge is -2.38. The minimum atomic E-state index is -1.89. The van der Waals surface area contributed by atoms with E-state index in [1.807, 2.05) is 0 Å². The molecule has 0 radical (unpaired) electrons. The second-order valence-corrected chi connectivity index (χ2v) is 24.3. The molecule has 0 unspecified atom stereocenters. The van der Waals surface area contributed by atoms with E-state index in [9.17, 15) is 0 Å². The first kappa shape index (κ1) is 26.9. The number of hydrogen-bond acceptors (Lipinski definition) is 1. The number of pyridine rings is 1. The average Bonchev–Trinajstić information content (AvgIpc) is 3.17. The minimum absolute atomic E-state index is 0.220. The molecule has 0 bridgehead atoms. The fourth-order valence-electron chi connectivity index (χ4n) is 5.99. The fraction of sp³-hybridized carbons (Fsp3) is 0.382. The molecular weight excluding hydrogens is 495 g/mol. The van der Waals surface area contributed by atoms with Gasteiger partial charge in [-0.05, 0) is 65.9 Å². The lowest BCUT2D eigenvalue weighted by Crippen LogP contribution is -2.52. The second-order valence-electron chi connectivity index (χ2n) is 14.0. The van der Waals surface area contributed by atoms with Gasteiger partial charge in [-0.25, -0.2) is 0 Å². The molecule has 2 nitrogen and oxygen atoms in total. The number of para-hydroxylation sites is 1. The van der Waals surface area contributed by atoms with Gasteiger partial charge in [-0.1, -0.05) is 76.9 Å². The summed E-state index contributed by atoms with van der Waals surface area (Å²) in [7, 11) is -1.14. The molecule has 2 heterocycles. The van der Waals surface area contributed by atoms with Crippen LogP contribution < -0.4 is 14.9 Å². The number of aryl methyl sites for hydroxylation is 3. The van der Waals surface area contributed by atoms with Crippen LogP contribution in [-0.2, 0) is 7.05 Å². The van der Waals surface area contributed by atoms with Crippen molar-refractivity contribution in [1.82, 2.24) is 0 Å². The van der Waals surface area contributed by atoms with Crippen LogP contribution in [0, 0.1) is 20.8 Å². The Labute approximate surface area is 230 Å². The van der Waals surface area contributed by atoms with Crippen LogP contribution in [-0.4, -0.2) is 16.1 Å². The highest BCUT2D eigenvalue weighted by molar-refractivity contribution is 6.94. The van der Waals surface area contributed by atoms with E-state index in [1.54, 1.807) is 10.4 Å². The van der Waals surface area contributed by atoms with Gasteiger partial charge in [-0.15, -0.1) is 0 Å². The van der Waals surface area contributed by atoms with Crippen molar-refractivity contribution in [1.29, 1.82) is 0 Å². The van der Waals surface area contributed by atoms with E-state index < -0.39 is 16.1 Å². The first-order valence-electron chi connectivity index (χ1n) is 13.9. The third kappa shape index (κ3) is 3.99. The zero-order valence-electron chi connectivity index (χ0n) is 25.5. The largest absolute Gasteiger partial charge is 0.455 e. The standard InChI is InChI=1S/C34H44NOSi2/c1-21-17-25-24-15-13-14-16-29(24)36-33(25)32(23(21)3)28-20-31(38(11,12)34(4,5)6)26-19-30(37(8,9)10)22(2)18-27(26)35(28)7/h13-20H,1-12H3/q+1. The monoisotopic (exact) mass is 538 g/mol. The van der Waals surface area contributed by atoms with Crippen LogP contribution in [0.2, 0.25) is 37.8 Å². The van der Waals surface area contributed by atoms with Gasteiger partial charge in [-0.2, -0.15) is 4.57 Å². The zero-order chi connectivity index (χ0) is 27.9. The quantitative estimate of drug-likeness (QED) is 0.166. The normalized spacial score (nSPS) is 13.3. The van der Waals surface area contributed by atoms with E-state index in [-0.39, 0.29) is 5.04 Å². The highest BCUT2D eigenvalue weighted by atomic mass is 28.3. The molecular formula is C34H44NOSi2+. The van der Waals surface area contributed by atoms with Gasteiger partial charge in [0.15, 0.2) is 0 Å². The molecule has 0 aliphatic heterocycles. The van der Waals surface area contributed by atoms with E-state index in [2.05, 4.69) is 134 Å². The minimum Gasteiger partial charge on any atom is -0.455 e. The maximum Gasteiger partial charge on any atom is 0.216 e. The Morgan fingerprint density at radius 3 is 2.03 bits per heavy atom. The zero-order valence-corrected chi connectivity index (χ0v) is 27.5. The maximum absolute atomic E-state index is 6.62. The summed E-state index contributed by atoms with van der Waals surface area (Å²) in [4.78, 5) is 0. The van der Waals surface area contributed by atoms with Crippen LogP contribution in [0.4, 0.5) is 0 Å². The third-order valence-corrected chi connectivity index (χ3v) is 17.1. The van der Waals surface area contributed by atoms with Gasteiger partial charge in [0.1, 0.15) is 18.2 Å². The highest BCUT2D eigenvalue weighted by Gasteiger charge is 2.40. The summed E-state index contributed by atoms with van der Waals surface area (Å²) in [6.07, 6.45) is 0. The summed E-state index contributed by atoms with van der Waals surface area (Å²) in [5.41, 5.74) is 9.78. The molecule has 0 aliphatic carbocycles. The summed E-state index contributed by atoms with van der Waals surface area (Å²) in [6, 6.07) is 18.3. The molecule has 0 aliphatic rings. The van der Waals surface area contributed by atoms with Crippen LogP contribution in [0.25, 0.3) is 44.1 Å². The Hall–Kier alpha value is -2.70. The Kier molecular flexibility index (Phi) is 6.12. The molecule has 5 aromatic rings. The number of furan rings is 1. The Balaban J connectivity index is 1.99. The summed E-state index contributed by atoms with van der Waals surface area (Å²) in [6.45, 7) is 26.6. The van der Waals surface area contributed by atoms with Gasteiger partial charge in [0.2, 0.25) is 11.2 Å². The Morgan fingerprint density at radius 2 is 1.39 bits per heavy atom. The Bertz CT molecular complexity index is 1740. The summed E-state index contributed by atoms with van der Waals surface area (Å²) in [5.74, 6) is 0. The van der Waals surface area contributed by atoms with Crippen molar-refractivity contribution < 1.29 is 8.98 Å². The summed E-state index contributed by atoms with van der Waals surface area (Å²) >= 11 is 0. The molecule has 0 saturated carbocycles.